The Morgan fingerprint density at radius 2 is 2.06 bits per heavy atom. The smallest absolute Gasteiger partial charge is 0.145 e. The first-order valence-electron chi connectivity index (χ1n) is 6.07. The highest BCUT2D eigenvalue weighted by molar-refractivity contribution is 5.99. The maximum atomic E-state index is 5.70. The number of aromatic nitrogens is 1. The molecule has 4 heteroatoms. The molecular formula is C14H19N3O. The lowest BCUT2D eigenvalue weighted by Gasteiger charge is -2.16. The van der Waals surface area contributed by atoms with Crippen molar-refractivity contribution in [3.8, 4) is 5.75 Å². The van der Waals surface area contributed by atoms with Crippen LogP contribution in [0.5, 0.6) is 5.75 Å². The van der Waals surface area contributed by atoms with Crippen molar-refractivity contribution < 1.29 is 4.74 Å². The zero-order valence-corrected chi connectivity index (χ0v) is 11.3. The number of aryl methyl sites for hydroxylation is 2. The van der Waals surface area contributed by atoms with Crippen LogP contribution in [0.4, 0.5) is 5.69 Å². The van der Waals surface area contributed by atoms with Gasteiger partial charge in [-0.05, 0) is 37.5 Å². The molecule has 0 aliphatic rings. The molecule has 0 radical (unpaired) electrons. The topological polar surface area (TPSA) is 60.2 Å². The summed E-state index contributed by atoms with van der Waals surface area (Å²) in [7, 11) is 1.66. The van der Waals surface area contributed by atoms with E-state index >= 15 is 0 Å². The van der Waals surface area contributed by atoms with E-state index < -0.39 is 0 Å². The van der Waals surface area contributed by atoms with Gasteiger partial charge in [0.2, 0.25) is 0 Å². The molecule has 96 valence electrons. The molecule has 0 saturated carbocycles. The number of nitrogens with two attached hydrogens (primary N) is 1. The molecule has 0 aliphatic carbocycles. The van der Waals surface area contributed by atoms with E-state index in [4.69, 9.17) is 10.6 Å². The molecule has 3 N–H and O–H groups in total. The van der Waals surface area contributed by atoms with Crippen LogP contribution < -0.4 is 16.0 Å². The molecule has 1 aromatic carbocycles. The molecule has 0 unspecified atom stereocenters. The second kappa shape index (κ2) is 4.82. The van der Waals surface area contributed by atoms with Crippen molar-refractivity contribution in [1.82, 2.24) is 4.98 Å². The van der Waals surface area contributed by atoms with Crippen molar-refractivity contribution in [3.63, 3.8) is 0 Å². The number of nitrogens with zero attached hydrogens (tertiary/aromatic N) is 1. The first kappa shape index (κ1) is 12.6. The fourth-order valence-electron chi connectivity index (χ4n) is 2.42. The number of benzene rings is 1. The summed E-state index contributed by atoms with van der Waals surface area (Å²) in [4.78, 5) is 4.67. The number of nitrogens with one attached hydrogen (secondary N) is 1. The number of anilines is 1. The average Bonchev–Trinajstić information content (AvgIpc) is 2.37. The number of fused-ring (bicyclic) bond motifs is 1. The van der Waals surface area contributed by atoms with Crippen LogP contribution in [0, 0.1) is 13.8 Å². The second-order valence-corrected chi connectivity index (χ2v) is 4.36. The Kier molecular flexibility index (Phi) is 3.39. The number of hydrazine groups is 1. The van der Waals surface area contributed by atoms with Crippen molar-refractivity contribution >= 4 is 16.6 Å². The number of rotatable bonds is 3. The fourth-order valence-corrected chi connectivity index (χ4v) is 2.42. The van der Waals surface area contributed by atoms with Crippen molar-refractivity contribution in [2.75, 3.05) is 12.5 Å². The van der Waals surface area contributed by atoms with E-state index in [9.17, 15) is 0 Å². The van der Waals surface area contributed by atoms with E-state index in [0.717, 1.165) is 45.6 Å². The van der Waals surface area contributed by atoms with Crippen LogP contribution in [0.1, 0.15) is 23.7 Å². The fraction of sp³-hybridized carbons (Fsp3) is 0.357. The molecule has 1 heterocycles. The van der Waals surface area contributed by atoms with Gasteiger partial charge in [0.05, 0.1) is 12.8 Å². The van der Waals surface area contributed by atoms with Crippen LogP contribution in [0.15, 0.2) is 12.1 Å². The van der Waals surface area contributed by atoms with Gasteiger partial charge < -0.3 is 10.2 Å². The van der Waals surface area contributed by atoms with Gasteiger partial charge in [0.1, 0.15) is 11.3 Å². The van der Waals surface area contributed by atoms with Crippen molar-refractivity contribution in [2.24, 2.45) is 5.84 Å². The molecule has 1 aromatic heterocycles. The minimum absolute atomic E-state index is 0.776. The minimum Gasteiger partial charge on any atom is -0.494 e. The summed E-state index contributed by atoms with van der Waals surface area (Å²) in [5.41, 5.74) is 7.92. The predicted molar refractivity (Wildman–Crippen MR) is 75.0 cm³/mol. The molecule has 0 bridgehead atoms. The molecule has 0 fully saturated rings. The lowest BCUT2D eigenvalue weighted by atomic mass is 10.0. The number of hydrogen-bond donors (Lipinski definition) is 2. The van der Waals surface area contributed by atoms with Gasteiger partial charge in [-0.15, -0.1) is 0 Å². The number of pyridine rings is 1. The van der Waals surface area contributed by atoms with E-state index in [1.807, 2.05) is 19.1 Å². The van der Waals surface area contributed by atoms with Gasteiger partial charge in [0.15, 0.2) is 0 Å². The maximum absolute atomic E-state index is 5.70. The zero-order chi connectivity index (χ0) is 13.3. The van der Waals surface area contributed by atoms with Crippen LogP contribution in [-0.2, 0) is 6.42 Å². The molecule has 2 aromatic rings. The molecule has 2 rings (SSSR count). The minimum atomic E-state index is 0.776. The Bertz CT molecular complexity index is 593. The lowest BCUT2D eigenvalue weighted by Crippen LogP contribution is -2.12. The molecule has 0 atom stereocenters. The molecule has 0 aliphatic heterocycles. The summed E-state index contributed by atoms with van der Waals surface area (Å²) >= 11 is 0. The molecule has 0 spiro atoms. The number of hydrogen-bond acceptors (Lipinski definition) is 4. The summed E-state index contributed by atoms with van der Waals surface area (Å²) in [6.45, 7) is 6.16. The van der Waals surface area contributed by atoms with E-state index in [0.29, 0.717) is 0 Å². The summed E-state index contributed by atoms with van der Waals surface area (Å²) in [5, 5.41) is 1.04. The first-order valence-corrected chi connectivity index (χ1v) is 6.07. The quantitative estimate of drug-likeness (QED) is 0.644. The van der Waals surface area contributed by atoms with Crippen LogP contribution in [0.3, 0.4) is 0 Å². The van der Waals surface area contributed by atoms with Gasteiger partial charge in [-0.3, -0.25) is 5.84 Å². The van der Waals surface area contributed by atoms with Crippen LogP contribution in [-0.4, -0.2) is 12.1 Å². The Labute approximate surface area is 107 Å². The highest BCUT2D eigenvalue weighted by atomic mass is 16.5. The zero-order valence-electron chi connectivity index (χ0n) is 11.3. The number of methoxy groups -OCH3 is 1. The van der Waals surface area contributed by atoms with Gasteiger partial charge in [-0.2, -0.15) is 0 Å². The normalized spacial score (nSPS) is 10.7. The van der Waals surface area contributed by atoms with Crippen LogP contribution in [0.25, 0.3) is 10.9 Å². The summed E-state index contributed by atoms with van der Waals surface area (Å²) in [5.74, 6) is 6.48. The van der Waals surface area contributed by atoms with Gasteiger partial charge >= 0.3 is 0 Å². The molecule has 18 heavy (non-hydrogen) atoms. The summed E-state index contributed by atoms with van der Waals surface area (Å²) in [6, 6.07) is 3.97. The van der Waals surface area contributed by atoms with E-state index in [2.05, 4.69) is 24.3 Å². The lowest BCUT2D eigenvalue weighted by molar-refractivity contribution is 0.418. The van der Waals surface area contributed by atoms with Crippen LogP contribution >= 0.6 is 0 Å². The van der Waals surface area contributed by atoms with E-state index in [1.54, 1.807) is 7.11 Å². The Hall–Kier alpha value is -1.81. The number of ether oxygens (including phenoxy) is 1. The first-order chi connectivity index (χ1) is 8.63. The number of nitrogen functional groups attached to an aromatic ring is 1. The highest BCUT2D eigenvalue weighted by Gasteiger charge is 2.15. The highest BCUT2D eigenvalue weighted by Crippen LogP contribution is 2.35. The maximum Gasteiger partial charge on any atom is 0.145 e. The SMILES string of the molecule is CCc1c(C)nc2c(OC)ccc(C)c2c1NN. The standard InChI is InChI=1S/C14H19N3O/c1-5-10-9(3)16-14-11(18-4)7-6-8(2)12(14)13(10)17-15/h6-7H,5,15H2,1-4H3,(H,16,17). The third kappa shape index (κ3) is 1.78. The summed E-state index contributed by atoms with van der Waals surface area (Å²) < 4.78 is 5.38. The molecule has 0 amide bonds. The van der Waals surface area contributed by atoms with Gasteiger partial charge in [-0.1, -0.05) is 13.0 Å². The average molecular weight is 245 g/mol. The summed E-state index contributed by atoms with van der Waals surface area (Å²) in [6.07, 6.45) is 0.894. The van der Waals surface area contributed by atoms with Crippen molar-refractivity contribution in [1.29, 1.82) is 0 Å². The third-order valence-corrected chi connectivity index (χ3v) is 3.34. The Balaban J connectivity index is 2.96. The molecule has 4 nitrogen and oxygen atoms in total. The second-order valence-electron chi connectivity index (χ2n) is 4.36. The van der Waals surface area contributed by atoms with Gasteiger partial charge in [-0.25, -0.2) is 4.98 Å². The van der Waals surface area contributed by atoms with E-state index in [-0.39, 0.29) is 0 Å². The van der Waals surface area contributed by atoms with Crippen molar-refractivity contribution in [2.45, 2.75) is 27.2 Å². The Morgan fingerprint density at radius 1 is 1.33 bits per heavy atom. The van der Waals surface area contributed by atoms with Gasteiger partial charge in [0.25, 0.3) is 0 Å². The molecular weight excluding hydrogens is 226 g/mol. The van der Waals surface area contributed by atoms with E-state index in [1.165, 1.54) is 0 Å². The third-order valence-electron chi connectivity index (χ3n) is 3.34. The van der Waals surface area contributed by atoms with Crippen molar-refractivity contribution in [3.05, 3.63) is 29.0 Å². The predicted octanol–water partition coefficient (Wildman–Crippen LogP) is 2.71. The largest absolute Gasteiger partial charge is 0.494 e. The van der Waals surface area contributed by atoms with Gasteiger partial charge in [0, 0.05) is 11.1 Å². The molecule has 0 saturated heterocycles. The monoisotopic (exact) mass is 245 g/mol. The Morgan fingerprint density at radius 3 is 2.61 bits per heavy atom. The van der Waals surface area contributed by atoms with Crippen LogP contribution in [0.2, 0.25) is 0 Å².